The monoisotopic (exact) mass is 349 g/mol. The van der Waals surface area contributed by atoms with Crippen LogP contribution in [0.2, 0.25) is 10.0 Å². The van der Waals surface area contributed by atoms with E-state index in [4.69, 9.17) is 27.9 Å². The Morgan fingerprint density at radius 3 is 2.78 bits per heavy atom. The van der Waals surface area contributed by atoms with Crippen molar-refractivity contribution in [1.29, 1.82) is 0 Å². The summed E-state index contributed by atoms with van der Waals surface area (Å²) in [7, 11) is 0. The predicted molar refractivity (Wildman–Crippen MR) is 89.1 cm³/mol. The number of carbonyl (C=O) groups excluding carboxylic acids is 2. The van der Waals surface area contributed by atoms with Gasteiger partial charge < -0.3 is 10.1 Å². The van der Waals surface area contributed by atoms with Crippen molar-refractivity contribution in [3.63, 3.8) is 0 Å². The lowest BCUT2D eigenvalue weighted by Crippen LogP contribution is -2.24. The molecule has 0 saturated carbocycles. The minimum atomic E-state index is -0.361. The molecule has 0 bridgehead atoms. The lowest BCUT2D eigenvalue weighted by Gasteiger charge is -2.25. The topological polar surface area (TPSA) is 55.4 Å². The first kappa shape index (κ1) is 15.8. The van der Waals surface area contributed by atoms with Crippen molar-refractivity contribution in [2.75, 3.05) is 5.32 Å². The number of carbonyl (C=O) groups is 2. The summed E-state index contributed by atoms with van der Waals surface area (Å²) in [6, 6.07) is 12.0. The van der Waals surface area contributed by atoms with Gasteiger partial charge in [0.25, 0.3) is 0 Å². The number of anilines is 1. The average molecular weight is 350 g/mol. The molecule has 3 rings (SSSR count). The summed E-state index contributed by atoms with van der Waals surface area (Å²) >= 11 is 12.1. The van der Waals surface area contributed by atoms with Gasteiger partial charge in [0.15, 0.2) is 0 Å². The second-order valence-electron chi connectivity index (χ2n) is 5.29. The first-order chi connectivity index (χ1) is 11.0. The highest BCUT2D eigenvalue weighted by atomic mass is 35.5. The molecule has 1 atom stereocenters. The van der Waals surface area contributed by atoms with Crippen molar-refractivity contribution in [2.24, 2.45) is 0 Å². The molecule has 0 fully saturated rings. The predicted octanol–water partition coefficient (Wildman–Crippen LogP) is 4.41. The molecule has 0 saturated heterocycles. The van der Waals surface area contributed by atoms with Crippen LogP contribution in [0.15, 0.2) is 42.5 Å². The van der Waals surface area contributed by atoms with Crippen LogP contribution in [0, 0.1) is 0 Å². The van der Waals surface area contributed by atoms with Gasteiger partial charge in [0.05, 0.1) is 6.42 Å². The third-order valence-corrected chi connectivity index (χ3v) is 4.16. The molecule has 1 amide bonds. The number of fused-ring (bicyclic) bond motifs is 1. The van der Waals surface area contributed by atoms with E-state index < -0.39 is 0 Å². The Morgan fingerprint density at radius 2 is 2.00 bits per heavy atom. The van der Waals surface area contributed by atoms with E-state index in [1.165, 1.54) is 0 Å². The van der Waals surface area contributed by atoms with Gasteiger partial charge in [0.2, 0.25) is 5.91 Å². The van der Waals surface area contributed by atoms with Gasteiger partial charge in [-0.1, -0.05) is 35.3 Å². The van der Waals surface area contributed by atoms with Gasteiger partial charge in [-0.25, -0.2) is 0 Å². The van der Waals surface area contributed by atoms with E-state index in [0.29, 0.717) is 27.0 Å². The zero-order chi connectivity index (χ0) is 16.4. The van der Waals surface area contributed by atoms with E-state index in [1.807, 2.05) is 0 Å². The van der Waals surface area contributed by atoms with E-state index in [0.717, 1.165) is 0 Å². The van der Waals surface area contributed by atoms with Crippen LogP contribution in [0.5, 0.6) is 5.75 Å². The lowest BCUT2D eigenvalue weighted by molar-refractivity contribution is -0.136. The third-order valence-electron chi connectivity index (χ3n) is 3.60. The highest BCUT2D eigenvalue weighted by molar-refractivity contribution is 6.32. The molecule has 2 aromatic rings. The molecule has 1 aliphatic rings. The molecule has 118 valence electrons. The molecule has 2 aromatic carbocycles. The summed E-state index contributed by atoms with van der Waals surface area (Å²) in [4.78, 5) is 24.0. The molecular weight excluding hydrogens is 337 g/mol. The van der Waals surface area contributed by atoms with Crippen LogP contribution < -0.4 is 10.1 Å². The number of hydrogen-bond acceptors (Lipinski definition) is 3. The number of benzene rings is 2. The fraction of sp³-hybridized carbons (Fsp3) is 0.176. The first-order valence-corrected chi connectivity index (χ1v) is 7.83. The zero-order valence-corrected chi connectivity index (χ0v) is 13.5. The summed E-state index contributed by atoms with van der Waals surface area (Å²) in [5.74, 6) is -0.452. The number of halogens is 2. The fourth-order valence-corrected chi connectivity index (χ4v) is 3.16. The van der Waals surface area contributed by atoms with Crippen molar-refractivity contribution in [1.82, 2.24) is 0 Å². The Balaban J connectivity index is 1.78. The molecule has 0 aliphatic carbocycles. The molecule has 0 spiro atoms. The maximum Gasteiger partial charge on any atom is 0.311 e. The van der Waals surface area contributed by atoms with Gasteiger partial charge in [-0.15, -0.1) is 0 Å². The second kappa shape index (κ2) is 6.60. The van der Waals surface area contributed by atoms with Crippen LogP contribution in [-0.2, 0) is 9.59 Å². The number of amides is 1. The maximum atomic E-state index is 12.3. The normalized spacial score (nSPS) is 16.4. The Morgan fingerprint density at radius 1 is 1.22 bits per heavy atom. The number of rotatable bonds is 3. The summed E-state index contributed by atoms with van der Waals surface area (Å²) in [6.07, 6.45) is 0.262. The standard InChI is InChI=1S/C17H13Cl2NO3/c18-11-3-1-4-12(9-11)20-15(21)7-10-8-16(22)23-14-6-2-5-13(19)17(10)14/h1-6,9-10H,7-8H2,(H,20,21)/t10-/m0/s1. The number of hydrogen-bond donors (Lipinski definition) is 1. The van der Waals surface area contributed by atoms with Crippen molar-refractivity contribution in [2.45, 2.75) is 18.8 Å². The largest absolute Gasteiger partial charge is 0.426 e. The molecule has 0 radical (unpaired) electrons. The van der Waals surface area contributed by atoms with Crippen molar-refractivity contribution < 1.29 is 14.3 Å². The molecule has 6 heteroatoms. The molecule has 0 aromatic heterocycles. The smallest absolute Gasteiger partial charge is 0.311 e. The average Bonchev–Trinajstić information content (AvgIpc) is 2.46. The molecule has 4 nitrogen and oxygen atoms in total. The van der Waals surface area contributed by atoms with E-state index in [9.17, 15) is 9.59 Å². The van der Waals surface area contributed by atoms with E-state index in [-0.39, 0.29) is 30.6 Å². The van der Waals surface area contributed by atoms with Gasteiger partial charge in [0, 0.05) is 33.6 Å². The fourth-order valence-electron chi connectivity index (χ4n) is 2.65. The second-order valence-corrected chi connectivity index (χ2v) is 6.13. The highest BCUT2D eigenvalue weighted by Crippen LogP contribution is 2.40. The Hall–Kier alpha value is -2.04. The van der Waals surface area contributed by atoms with Crippen LogP contribution in [0.4, 0.5) is 5.69 Å². The van der Waals surface area contributed by atoms with Crippen LogP contribution in [0.25, 0.3) is 0 Å². The minimum absolute atomic E-state index is 0.125. The molecule has 0 unspecified atom stereocenters. The summed E-state index contributed by atoms with van der Waals surface area (Å²) in [6.45, 7) is 0. The molecular formula is C17H13Cl2NO3. The molecule has 23 heavy (non-hydrogen) atoms. The Labute approximate surface area is 143 Å². The molecule has 1 heterocycles. The molecule has 1 N–H and O–H groups in total. The lowest BCUT2D eigenvalue weighted by atomic mass is 9.89. The van der Waals surface area contributed by atoms with E-state index in [1.54, 1.807) is 42.5 Å². The van der Waals surface area contributed by atoms with Crippen LogP contribution >= 0.6 is 23.2 Å². The summed E-state index contributed by atoms with van der Waals surface area (Å²) in [5.41, 5.74) is 1.32. The SMILES string of the molecule is O=C(C[C@H]1CC(=O)Oc2cccc(Cl)c21)Nc1cccc(Cl)c1. The highest BCUT2D eigenvalue weighted by Gasteiger charge is 2.30. The van der Waals surface area contributed by atoms with Crippen LogP contribution in [-0.4, -0.2) is 11.9 Å². The van der Waals surface area contributed by atoms with Crippen molar-refractivity contribution >= 4 is 40.8 Å². The van der Waals surface area contributed by atoms with Crippen LogP contribution in [0.3, 0.4) is 0 Å². The Kier molecular flexibility index (Phi) is 4.55. The van der Waals surface area contributed by atoms with E-state index in [2.05, 4.69) is 5.32 Å². The van der Waals surface area contributed by atoms with Gasteiger partial charge in [-0.3, -0.25) is 9.59 Å². The maximum absolute atomic E-state index is 12.3. The van der Waals surface area contributed by atoms with Crippen molar-refractivity contribution in [3.8, 4) is 5.75 Å². The number of esters is 1. The summed E-state index contributed by atoms with van der Waals surface area (Å²) in [5, 5.41) is 3.81. The quantitative estimate of drug-likeness (QED) is 0.659. The van der Waals surface area contributed by atoms with Gasteiger partial charge in [-0.2, -0.15) is 0 Å². The number of ether oxygens (including phenoxy) is 1. The zero-order valence-electron chi connectivity index (χ0n) is 12.0. The van der Waals surface area contributed by atoms with E-state index >= 15 is 0 Å². The first-order valence-electron chi connectivity index (χ1n) is 7.07. The third kappa shape index (κ3) is 3.66. The van der Waals surface area contributed by atoms with Gasteiger partial charge >= 0.3 is 5.97 Å². The minimum Gasteiger partial charge on any atom is -0.426 e. The van der Waals surface area contributed by atoms with Crippen molar-refractivity contribution in [3.05, 3.63) is 58.1 Å². The number of nitrogens with one attached hydrogen (secondary N) is 1. The van der Waals surface area contributed by atoms with Crippen LogP contribution in [0.1, 0.15) is 24.3 Å². The molecule has 1 aliphatic heterocycles. The van der Waals surface area contributed by atoms with Gasteiger partial charge in [0.1, 0.15) is 5.75 Å². The summed E-state index contributed by atoms with van der Waals surface area (Å²) < 4.78 is 5.19. The Bertz CT molecular complexity index is 776. The van der Waals surface area contributed by atoms with Gasteiger partial charge in [-0.05, 0) is 30.3 Å².